The van der Waals surface area contributed by atoms with Gasteiger partial charge in [-0.2, -0.15) is 0 Å². The third kappa shape index (κ3) is 2.56. The molecule has 0 spiro atoms. The molecule has 2 heterocycles. The summed E-state index contributed by atoms with van der Waals surface area (Å²) >= 11 is 2.85. The highest BCUT2D eigenvalue weighted by molar-refractivity contribution is 7.14. The van der Waals surface area contributed by atoms with E-state index < -0.39 is 5.97 Å². The van der Waals surface area contributed by atoms with Crippen LogP contribution in [0.4, 0.5) is 0 Å². The number of aromatic nitrogens is 1. The minimum absolute atomic E-state index is 0.356. The summed E-state index contributed by atoms with van der Waals surface area (Å²) in [5.41, 5.74) is 0.910. The Labute approximate surface area is 101 Å². The van der Waals surface area contributed by atoms with Crippen molar-refractivity contribution < 1.29 is 9.90 Å². The summed E-state index contributed by atoms with van der Waals surface area (Å²) < 4.78 is 0. The second-order valence-corrected chi connectivity index (χ2v) is 5.31. The first-order valence-electron chi connectivity index (χ1n) is 4.58. The van der Waals surface area contributed by atoms with E-state index in [1.807, 2.05) is 24.5 Å². The van der Waals surface area contributed by atoms with Crippen LogP contribution in [-0.4, -0.2) is 16.1 Å². The number of aromatic carboxylic acids is 1. The Bertz CT molecular complexity index is 540. The number of thiazole rings is 1. The fourth-order valence-electron chi connectivity index (χ4n) is 1.18. The molecule has 0 aliphatic carbocycles. The molecule has 2 rings (SSSR count). The molecule has 0 radical (unpaired) electrons. The lowest BCUT2D eigenvalue weighted by atomic mass is 10.3. The number of aryl methyl sites for hydroxylation is 1. The van der Waals surface area contributed by atoms with Crippen LogP contribution in [0, 0.1) is 6.92 Å². The van der Waals surface area contributed by atoms with Gasteiger partial charge in [0.15, 0.2) is 0 Å². The van der Waals surface area contributed by atoms with E-state index in [4.69, 9.17) is 5.11 Å². The molecule has 2 aromatic heterocycles. The third-order valence-electron chi connectivity index (χ3n) is 1.89. The summed E-state index contributed by atoms with van der Waals surface area (Å²) in [5.74, 6) is -0.880. The van der Waals surface area contributed by atoms with Crippen molar-refractivity contribution in [2.75, 3.05) is 0 Å². The number of carboxylic acids is 1. The zero-order valence-electron chi connectivity index (χ0n) is 8.51. The molecule has 0 aliphatic heterocycles. The molecule has 0 amide bonds. The van der Waals surface area contributed by atoms with Crippen molar-refractivity contribution in [3.8, 4) is 0 Å². The normalized spacial score (nSPS) is 11.1. The smallest absolute Gasteiger partial charge is 0.345 e. The summed E-state index contributed by atoms with van der Waals surface area (Å²) in [5, 5.41) is 11.8. The van der Waals surface area contributed by atoms with Gasteiger partial charge < -0.3 is 5.11 Å². The summed E-state index contributed by atoms with van der Waals surface area (Å²) in [7, 11) is 0. The fourth-order valence-corrected chi connectivity index (χ4v) is 2.51. The predicted molar refractivity (Wildman–Crippen MR) is 67.1 cm³/mol. The number of carbonyl (C=O) groups is 1. The van der Waals surface area contributed by atoms with E-state index in [1.165, 1.54) is 11.3 Å². The minimum Gasteiger partial charge on any atom is -0.477 e. The molecule has 0 bridgehead atoms. The standard InChI is InChI=1S/C11H9NO2S2/c1-7-12-8(6-15-7)2-3-9-4-5-10(16-9)11(13)14/h2-6H,1H3,(H,13,14). The number of hydrogen-bond donors (Lipinski definition) is 1. The number of hydrogen-bond acceptors (Lipinski definition) is 4. The number of carboxylic acid groups (broad SMARTS) is 1. The number of nitrogens with zero attached hydrogens (tertiary/aromatic N) is 1. The van der Waals surface area contributed by atoms with Crippen molar-refractivity contribution in [2.24, 2.45) is 0 Å². The lowest BCUT2D eigenvalue weighted by molar-refractivity contribution is 0.0702. The van der Waals surface area contributed by atoms with Crippen LogP contribution in [0.2, 0.25) is 0 Å². The SMILES string of the molecule is Cc1nc(C=Cc2ccc(C(=O)O)s2)cs1. The Hall–Kier alpha value is -1.46. The van der Waals surface area contributed by atoms with Crippen LogP contribution < -0.4 is 0 Å². The Kier molecular flexibility index (Phi) is 3.17. The Morgan fingerprint density at radius 1 is 1.44 bits per heavy atom. The lowest BCUT2D eigenvalue weighted by Crippen LogP contribution is -1.89. The van der Waals surface area contributed by atoms with Crippen LogP contribution in [0.1, 0.15) is 25.3 Å². The summed E-state index contributed by atoms with van der Waals surface area (Å²) in [6.07, 6.45) is 3.77. The molecule has 16 heavy (non-hydrogen) atoms. The highest BCUT2D eigenvalue weighted by Crippen LogP contribution is 2.19. The molecule has 0 unspecified atom stereocenters. The topological polar surface area (TPSA) is 50.2 Å². The van der Waals surface area contributed by atoms with Crippen LogP contribution in [0.3, 0.4) is 0 Å². The molecule has 3 nitrogen and oxygen atoms in total. The molecular formula is C11H9NO2S2. The summed E-state index contributed by atoms with van der Waals surface area (Å²) in [6.45, 7) is 1.95. The average Bonchev–Trinajstić information content (AvgIpc) is 2.83. The first kappa shape index (κ1) is 11.0. The maximum atomic E-state index is 10.7. The Balaban J connectivity index is 2.14. The summed E-state index contributed by atoms with van der Waals surface area (Å²) in [4.78, 5) is 16.2. The van der Waals surface area contributed by atoms with Gasteiger partial charge in [0.1, 0.15) is 4.88 Å². The predicted octanol–water partition coefficient (Wildman–Crippen LogP) is 3.38. The zero-order chi connectivity index (χ0) is 11.5. The van der Waals surface area contributed by atoms with Gasteiger partial charge in [-0.25, -0.2) is 9.78 Å². The van der Waals surface area contributed by atoms with Crippen molar-refractivity contribution in [3.05, 3.63) is 38.0 Å². The summed E-state index contributed by atoms with van der Waals surface area (Å²) in [6, 6.07) is 3.41. The van der Waals surface area contributed by atoms with E-state index >= 15 is 0 Å². The van der Waals surface area contributed by atoms with Crippen molar-refractivity contribution >= 4 is 40.8 Å². The van der Waals surface area contributed by atoms with Gasteiger partial charge in [0.2, 0.25) is 0 Å². The van der Waals surface area contributed by atoms with E-state index in [1.54, 1.807) is 23.5 Å². The van der Waals surface area contributed by atoms with E-state index in [0.29, 0.717) is 4.88 Å². The second kappa shape index (κ2) is 4.59. The largest absolute Gasteiger partial charge is 0.477 e. The van der Waals surface area contributed by atoms with Gasteiger partial charge >= 0.3 is 5.97 Å². The Morgan fingerprint density at radius 2 is 2.25 bits per heavy atom. The molecule has 0 fully saturated rings. The van der Waals surface area contributed by atoms with Crippen LogP contribution in [0.5, 0.6) is 0 Å². The van der Waals surface area contributed by atoms with E-state index in [-0.39, 0.29) is 0 Å². The van der Waals surface area contributed by atoms with Gasteiger partial charge in [0, 0.05) is 10.3 Å². The molecule has 0 saturated heterocycles. The second-order valence-electron chi connectivity index (χ2n) is 3.13. The lowest BCUT2D eigenvalue weighted by Gasteiger charge is -1.84. The molecule has 0 aromatic carbocycles. The zero-order valence-corrected chi connectivity index (χ0v) is 10.1. The van der Waals surface area contributed by atoms with Crippen LogP contribution in [0.15, 0.2) is 17.5 Å². The van der Waals surface area contributed by atoms with Crippen molar-refractivity contribution in [1.29, 1.82) is 0 Å². The fraction of sp³-hybridized carbons (Fsp3) is 0.0909. The highest BCUT2D eigenvalue weighted by atomic mass is 32.1. The molecule has 0 saturated carbocycles. The molecule has 2 aromatic rings. The molecular weight excluding hydrogens is 242 g/mol. The minimum atomic E-state index is -0.880. The van der Waals surface area contributed by atoms with Gasteiger partial charge in [0.25, 0.3) is 0 Å². The van der Waals surface area contributed by atoms with E-state index in [0.717, 1.165) is 15.6 Å². The molecule has 1 N–H and O–H groups in total. The van der Waals surface area contributed by atoms with Gasteiger partial charge in [-0.1, -0.05) is 0 Å². The monoisotopic (exact) mass is 251 g/mol. The van der Waals surface area contributed by atoms with Crippen LogP contribution >= 0.6 is 22.7 Å². The van der Waals surface area contributed by atoms with Crippen molar-refractivity contribution in [1.82, 2.24) is 4.98 Å². The van der Waals surface area contributed by atoms with Crippen LogP contribution in [-0.2, 0) is 0 Å². The van der Waals surface area contributed by atoms with Crippen LogP contribution in [0.25, 0.3) is 12.2 Å². The Morgan fingerprint density at radius 3 is 2.81 bits per heavy atom. The first-order valence-corrected chi connectivity index (χ1v) is 6.28. The third-order valence-corrected chi connectivity index (χ3v) is 3.72. The molecule has 5 heteroatoms. The quantitative estimate of drug-likeness (QED) is 0.909. The maximum Gasteiger partial charge on any atom is 0.345 e. The van der Waals surface area contributed by atoms with E-state index in [2.05, 4.69) is 4.98 Å². The molecule has 82 valence electrons. The van der Waals surface area contributed by atoms with Gasteiger partial charge in [0.05, 0.1) is 10.7 Å². The van der Waals surface area contributed by atoms with Crippen molar-refractivity contribution in [2.45, 2.75) is 6.92 Å². The molecule has 0 aliphatic rings. The first-order chi connectivity index (χ1) is 7.65. The average molecular weight is 251 g/mol. The number of thiophene rings is 1. The highest BCUT2D eigenvalue weighted by Gasteiger charge is 2.04. The molecule has 0 atom stereocenters. The van der Waals surface area contributed by atoms with E-state index in [9.17, 15) is 4.79 Å². The number of rotatable bonds is 3. The maximum absolute atomic E-state index is 10.7. The van der Waals surface area contributed by atoms with Crippen molar-refractivity contribution in [3.63, 3.8) is 0 Å². The van der Waals surface area contributed by atoms with Gasteiger partial charge in [-0.3, -0.25) is 0 Å². The van der Waals surface area contributed by atoms with Gasteiger partial charge in [-0.15, -0.1) is 22.7 Å². The van der Waals surface area contributed by atoms with Gasteiger partial charge in [-0.05, 0) is 31.2 Å².